The van der Waals surface area contributed by atoms with E-state index in [4.69, 9.17) is 0 Å². The predicted octanol–water partition coefficient (Wildman–Crippen LogP) is 1.27. The molecule has 0 aromatic heterocycles. The number of nitrogens with zero attached hydrogens (tertiary/aromatic N) is 1. The summed E-state index contributed by atoms with van der Waals surface area (Å²) in [6.45, 7) is 4.89. The van der Waals surface area contributed by atoms with E-state index in [2.05, 4.69) is 10.1 Å². The lowest BCUT2D eigenvalue weighted by molar-refractivity contribution is 0.0600. The number of benzene rings is 1. The number of hydrogen-bond donors (Lipinski definition) is 1. The van der Waals surface area contributed by atoms with Crippen LogP contribution in [0.25, 0.3) is 0 Å². The molecule has 1 N–H and O–H groups in total. The normalized spacial score (nSPS) is 22.7. The van der Waals surface area contributed by atoms with Gasteiger partial charge in [-0.25, -0.2) is 13.2 Å². The second kappa shape index (κ2) is 7.41. The molecular weight excluding hydrogens is 328 g/mol. The van der Waals surface area contributed by atoms with E-state index in [1.165, 1.54) is 35.7 Å². The van der Waals surface area contributed by atoms with Crippen molar-refractivity contribution < 1.29 is 17.9 Å². The monoisotopic (exact) mass is 348 g/mol. The van der Waals surface area contributed by atoms with Gasteiger partial charge in [-0.05, 0) is 38.1 Å². The van der Waals surface area contributed by atoms with Gasteiger partial charge in [-0.1, -0.05) is 0 Å². The molecule has 1 aliphatic heterocycles. The highest BCUT2D eigenvalue weighted by atomic mass is 35.5. The van der Waals surface area contributed by atoms with Crippen LogP contribution in [0.4, 0.5) is 0 Å². The topological polar surface area (TPSA) is 75.7 Å². The third kappa shape index (κ3) is 3.78. The van der Waals surface area contributed by atoms with Crippen molar-refractivity contribution in [3.8, 4) is 0 Å². The first-order chi connectivity index (χ1) is 9.86. The molecule has 0 radical (unpaired) electrons. The van der Waals surface area contributed by atoms with Crippen LogP contribution in [0.1, 0.15) is 24.2 Å². The van der Waals surface area contributed by atoms with Crippen LogP contribution in [0.15, 0.2) is 29.2 Å². The molecule has 124 valence electrons. The van der Waals surface area contributed by atoms with Crippen LogP contribution in [0.3, 0.4) is 0 Å². The van der Waals surface area contributed by atoms with Crippen molar-refractivity contribution >= 4 is 28.4 Å². The van der Waals surface area contributed by atoms with E-state index < -0.39 is 16.0 Å². The van der Waals surface area contributed by atoms with Gasteiger partial charge in [0.05, 0.1) is 17.6 Å². The molecule has 0 spiro atoms. The summed E-state index contributed by atoms with van der Waals surface area (Å²) in [5.74, 6) is -0.483. The van der Waals surface area contributed by atoms with E-state index in [0.717, 1.165) is 0 Å². The molecule has 2 rings (SSSR count). The number of halogens is 1. The third-order valence-electron chi connectivity index (χ3n) is 3.59. The summed E-state index contributed by atoms with van der Waals surface area (Å²) in [5.41, 5.74) is 0.332. The molecule has 1 aromatic rings. The van der Waals surface area contributed by atoms with Gasteiger partial charge in [0.1, 0.15) is 0 Å². The molecule has 0 aliphatic carbocycles. The van der Waals surface area contributed by atoms with Gasteiger partial charge >= 0.3 is 5.97 Å². The summed E-state index contributed by atoms with van der Waals surface area (Å²) < 4.78 is 31.5. The largest absolute Gasteiger partial charge is 0.465 e. The van der Waals surface area contributed by atoms with Gasteiger partial charge in [0.25, 0.3) is 0 Å². The van der Waals surface area contributed by atoms with Crippen molar-refractivity contribution in [2.45, 2.75) is 30.8 Å². The standard InChI is InChI=1S/C14H20N2O4S.ClH/c1-10-9-16(11(2)8-15-10)21(18,19)13-6-4-12(5-7-13)14(17)20-3;/h4-7,10-11,15H,8-9H2,1-3H3;1H. The summed E-state index contributed by atoms with van der Waals surface area (Å²) >= 11 is 0. The number of rotatable bonds is 3. The number of sulfonamides is 1. The lowest BCUT2D eigenvalue weighted by atomic mass is 10.2. The number of carbonyl (C=O) groups is 1. The zero-order valence-corrected chi connectivity index (χ0v) is 14.4. The molecule has 0 bridgehead atoms. The highest BCUT2D eigenvalue weighted by Crippen LogP contribution is 2.21. The highest BCUT2D eigenvalue weighted by Gasteiger charge is 2.33. The molecule has 1 heterocycles. The van der Waals surface area contributed by atoms with Crippen molar-refractivity contribution in [1.29, 1.82) is 0 Å². The number of carbonyl (C=O) groups excluding carboxylic acids is 1. The lowest BCUT2D eigenvalue weighted by Gasteiger charge is -2.36. The second-order valence-electron chi connectivity index (χ2n) is 5.25. The van der Waals surface area contributed by atoms with Crippen molar-refractivity contribution in [2.24, 2.45) is 0 Å². The molecule has 22 heavy (non-hydrogen) atoms. The molecule has 0 amide bonds. The van der Waals surface area contributed by atoms with E-state index in [9.17, 15) is 13.2 Å². The maximum absolute atomic E-state index is 12.7. The Labute approximate surface area is 137 Å². The van der Waals surface area contributed by atoms with Gasteiger partial charge in [0.15, 0.2) is 0 Å². The molecule has 2 atom stereocenters. The fourth-order valence-electron chi connectivity index (χ4n) is 2.34. The fourth-order valence-corrected chi connectivity index (χ4v) is 4.06. The first-order valence-corrected chi connectivity index (χ1v) is 8.24. The van der Waals surface area contributed by atoms with Crippen LogP contribution >= 0.6 is 12.4 Å². The summed E-state index contributed by atoms with van der Waals surface area (Å²) in [5, 5.41) is 3.25. The van der Waals surface area contributed by atoms with Gasteiger partial charge < -0.3 is 10.1 Å². The number of ether oxygens (including phenoxy) is 1. The summed E-state index contributed by atoms with van der Waals surface area (Å²) in [4.78, 5) is 11.6. The Morgan fingerprint density at radius 1 is 1.27 bits per heavy atom. The van der Waals surface area contributed by atoms with E-state index in [1.54, 1.807) is 0 Å². The average Bonchev–Trinajstić information content (AvgIpc) is 2.49. The van der Waals surface area contributed by atoms with Gasteiger partial charge in [0.2, 0.25) is 10.0 Å². The highest BCUT2D eigenvalue weighted by molar-refractivity contribution is 7.89. The van der Waals surface area contributed by atoms with Crippen molar-refractivity contribution in [1.82, 2.24) is 9.62 Å². The Bertz CT molecular complexity index is 618. The first-order valence-electron chi connectivity index (χ1n) is 6.80. The molecule has 1 aliphatic rings. The van der Waals surface area contributed by atoms with Gasteiger partial charge in [-0.3, -0.25) is 0 Å². The van der Waals surface area contributed by atoms with Crippen LogP contribution in [-0.2, 0) is 14.8 Å². The smallest absolute Gasteiger partial charge is 0.337 e. The number of hydrogen-bond acceptors (Lipinski definition) is 5. The number of esters is 1. The lowest BCUT2D eigenvalue weighted by Crippen LogP contribution is -2.56. The minimum Gasteiger partial charge on any atom is -0.465 e. The molecule has 2 unspecified atom stereocenters. The van der Waals surface area contributed by atoms with Crippen LogP contribution in [0.2, 0.25) is 0 Å². The van der Waals surface area contributed by atoms with Gasteiger partial charge in [-0.2, -0.15) is 4.31 Å². The van der Waals surface area contributed by atoms with Crippen LogP contribution < -0.4 is 5.32 Å². The van der Waals surface area contributed by atoms with E-state index in [-0.39, 0.29) is 29.4 Å². The molecule has 1 saturated heterocycles. The first kappa shape index (κ1) is 18.9. The fraction of sp³-hybridized carbons (Fsp3) is 0.500. The number of methoxy groups -OCH3 is 1. The Morgan fingerprint density at radius 3 is 2.41 bits per heavy atom. The van der Waals surface area contributed by atoms with E-state index >= 15 is 0 Å². The van der Waals surface area contributed by atoms with Crippen LogP contribution in [0.5, 0.6) is 0 Å². The van der Waals surface area contributed by atoms with E-state index in [1.807, 2.05) is 13.8 Å². The van der Waals surface area contributed by atoms with Crippen molar-refractivity contribution in [3.63, 3.8) is 0 Å². The third-order valence-corrected chi connectivity index (χ3v) is 5.58. The summed E-state index contributed by atoms with van der Waals surface area (Å²) in [6, 6.07) is 5.84. The van der Waals surface area contributed by atoms with Crippen molar-refractivity contribution in [3.05, 3.63) is 29.8 Å². The summed E-state index contributed by atoms with van der Waals surface area (Å²) in [6.07, 6.45) is 0. The molecule has 1 aromatic carbocycles. The van der Waals surface area contributed by atoms with E-state index in [0.29, 0.717) is 18.7 Å². The minimum atomic E-state index is -3.55. The van der Waals surface area contributed by atoms with Crippen LogP contribution in [-0.4, -0.2) is 51.0 Å². The SMILES string of the molecule is COC(=O)c1ccc(S(=O)(=O)N2CC(C)NCC2C)cc1.Cl. The maximum atomic E-state index is 12.7. The zero-order valence-electron chi connectivity index (χ0n) is 12.8. The van der Waals surface area contributed by atoms with Gasteiger partial charge in [-0.15, -0.1) is 12.4 Å². The number of piperazine rings is 1. The zero-order chi connectivity index (χ0) is 15.6. The Morgan fingerprint density at radius 2 is 1.86 bits per heavy atom. The second-order valence-corrected chi connectivity index (χ2v) is 7.14. The van der Waals surface area contributed by atoms with Crippen molar-refractivity contribution in [2.75, 3.05) is 20.2 Å². The quantitative estimate of drug-likeness (QED) is 0.832. The molecule has 0 saturated carbocycles. The molecule has 1 fully saturated rings. The van der Waals surface area contributed by atoms with Gasteiger partial charge in [0, 0.05) is 25.2 Å². The van der Waals surface area contributed by atoms with Crippen LogP contribution in [0, 0.1) is 0 Å². The minimum absolute atomic E-state index is 0. The predicted molar refractivity (Wildman–Crippen MR) is 85.8 cm³/mol. The number of nitrogens with one attached hydrogen (secondary N) is 1. The average molecular weight is 349 g/mol. The molecule has 6 nitrogen and oxygen atoms in total. The Hall–Kier alpha value is -1.15. The Balaban J connectivity index is 0.00000242. The molecular formula is C14H21ClN2O4S. The summed E-state index contributed by atoms with van der Waals surface area (Å²) in [7, 11) is -2.26. The molecule has 8 heteroatoms. The Kier molecular flexibility index (Phi) is 6.37. The maximum Gasteiger partial charge on any atom is 0.337 e.